The van der Waals surface area contributed by atoms with Gasteiger partial charge in [0.25, 0.3) is 0 Å². The maximum absolute atomic E-state index is 12.9. The van der Waals surface area contributed by atoms with Gasteiger partial charge in [-0.2, -0.15) is 31.6 Å². The van der Waals surface area contributed by atoms with Crippen LogP contribution in [0.25, 0.3) is 0 Å². The second kappa shape index (κ2) is 7.75. The van der Waals surface area contributed by atoms with Crippen LogP contribution in [0.2, 0.25) is 5.02 Å². The van der Waals surface area contributed by atoms with E-state index in [0.717, 1.165) is 0 Å². The van der Waals surface area contributed by atoms with Crippen molar-refractivity contribution in [3.63, 3.8) is 0 Å². The zero-order valence-corrected chi connectivity index (χ0v) is 13.8. The van der Waals surface area contributed by atoms with Crippen molar-refractivity contribution in [2.75, 3.05) is 5.32 Å². The van der Waals surface area contributed by atoms with E-state index in [0.29, 0.717) is 12.1 Å². The fraction of sp³-hybridized carbons (Fsp3) is 0.125. The lowest BCUT2D eigenvalue weighted by molar-refractivity contribution is -0.143. The van der Waals surface area contributed by atoms with Gasteiger partial charge in [0.15, 0.2) is 6.19 Å². The van der Waals surface area contributed by atoms with Crippen LogP contribution >= 0.6 is 11.6 Å². The molecule has 2 aromatic carbocycles. The van der Waals surface area contributed by atoms with Crippen molar-refractivity contribution in [3.05, 3.63) is 58.6 Å². The largest absolute Gasteiger partial charge is 0.416 e. The van der Waals surface area contributed by atoms with Crippen molar-refractivity contribution >= 4 is 28.9 Å². The van der Waals surface area contributed by atoms with Crippen molar-refractivity contribution in [1.29, 1.82) is 5.26 Å². The van der Waals surface area contributed by atoms with Gasteiger partial charge in [-0.05, 0) is 30.3 Å². The minimum Gasteiger partial charge on any atom is -0.325 e. The topological polar surface area (TPSA) is 60.2 Å². The third-order valence-electron chi connectivity index (χ3n) is 3.11. The van der Waals surface area contributed by atoms with E-state index in [1.807, 2.05) is 5.32 Å². The summed E-state index contributed by atoms with van der Waals surface area (Å²) in [4.78, 5) is 3.90. The fourth-order valence-corrected chi connectivity index (χ4v) is 2.14. The van der Waals surface area contributed by atoms with Crippen LogP contribution in [0.4, 0.5) is 37.7 Å². The van der Waals surface area contributed by atoms with Gasteiger partial charge in [-0.25, -0.2) is 4.99 Å². The summed E-state index contributed by atoms with van der Waals surface area (Å²) in [5, 5.41) is 13.2. The standard InChI is InChI=1S/C16H9ClF6N4/c17-12-3-1-2-4-13(12)27-14(25-8-24)26-11-6-9(15(18,19)20)5-10(7-11)16(21,22)23/h1-7H,(H2,25,26,27). The molecule has 0 aliphatic heterocycles. The molecule has 0 fully saturated rings. The average Bonchev–Trinajstić information content (AvgIpc) is 2.55. The Hall–Kier alpha value is -2.93. The van der Waals surface area contributed by atoms with Crippen molar-refractivity contribution in [2.45, 2.75) is 12.4 Å². The van der Waals surface area contributed by atoms with Gasteiger partial charge in [0.1, 0.15) is 0 Å². The van der Waals surface area contributed by atoms with Gasteiger partial charge in [-0.15, -0.1) is 0 Å². The van der Waals surface area contributed by atoms with E-state index in [1.54, 1.807) is 12.1 Å². The molecule has 2 rings (SSSR count). The van der Waals surface area contributed by atoms with Crippen LogP contribution in [0.3, 0.4) is 0 Å². The lowest BCUT2D eigenvalue weighted by atomic mass is 10.1. The Kier molecular flexibility index (Phi) is 5.85. The summed E-state index contributed by atoms with van der Waals surface area (Å²) in [6, 6.07) is 6.99. The van der Waals surface area contributed by atoms with E-state index in [9.17, 15) is 26.3 Å². The van der Waals surface area contributed by atoms with Gasteiger partial charge >= 0.3 is 12.4 Å². The number of nitriles is 1. The van der Waals surface area contributed by atoms with Gasteiger partial charge < -0.3 is 5.32 Å². The lowest BCUT2D eigenvalue weighted by Crippen LogP contribution is -2.27. The van der Waals surface area contributed by atoms with Gasteiger partial charge in [0.05, 0.1) is 21.8 Å². The fourth-order valence-electron chi connectivity index (χ4n) is 1.97. The van der Waals surface area contributed by atoms with E-state index in [4.69, 9.17) is 16.9 Å². The molecular weight excluding hydrogens is 398 g/mol. The van der Waals surface area contributed by atoms with Crippen LogP contribution in [0.5, 0.6) is 0 Å². The number of nitrogens with zero attached hydrogens (tertiary/aromatic N) is 2. The molecule has 27 heavy (non-hydrogen) atoms. The predicted molar refractivity (Wildman–Crippen MR) is 87.4 cm³/mol. The van der Waals surface area contributed by atoms with Gasteiger partial charge in [0.2, 0.25) is 5.96 Å². The van der Waals surface area contributed by atoms with E-state index in [2.05, 4.69) is 10.3 Å². The Bertz CT molecular complexity index is 867. The number of benzene rings is 2. The number of para-hydroxylation sites is 1. The number of hydrogen-bond donors (Lipinski definition) is 2. The first-order valence-corrected chi connectivity index (χ1v) is 7.43. The third kappa shape index (κ3) is 5.52. The molecule has 142 valence electrons. The first-order chi connectivity index (χ1) is 12.5. The predicted octanol–water partition coefficient (Wildman–Crippen LogP) is 5.55. The van der Waals surface area contributed by atoms with Crippen molar-refractivity contribution in [3.8, 4) is 6.19 Å². The summed E-state index contributed by atoms with van der Waals surface area (Å²) >= 11 is 5.90. The van der Waals surface area contributed by atoms with E-state index >= 15 is 0 Å². The van der Waals surface area contributed by atoms with Crippen LogP contribution in [0.15, 0.2) is 47.5 Å². The Morgan fingerprint density at radius 2 is 1.52 bits per heavy atom. The van der Waals surface area contributed by atoms with Crippen molar-refractivity contribution in [2.24, 2.45) is 4.99 Å². The van der Waals surface area contributed by atoms with Crippen molar-refractivity contribution < 1.29 is 26.3 Å². The second-order valence-electron chi connectivity index (χ2n) is 5.07. The van der Waals surface area contributed by atoms with Crippen LogP contribution in [0, 0.1) is 11.5 Å². The molecule has 0 unspecified atom stereocenters. The minimum atomic E-state index is -5.00. The zero-order valence-electron chi connectivity index (χ0n) is 13.1. The number of nitrogens with one attached hydrogen (secondary N) is 2. The third-order valence-corrected chi connectivity index (χ3v) is 3.43. The molecular formula is C16H9ClF6N4. The lowest BCUT2D eigenvalue weighted by Gasteiger charge is -2.15. The van der Waals surface area contributed by atoms with E-state index < -0.39 is 35.1 Å². The maximum Gasteiger partial charge on any atom is 0.416 e. The number of guanidine groups is 1. The molecule has 0 spiro atoms. The highest BCUT2D eigenvalue weighted by atomic mass is 35.5. The number of alkyl halides is 6. The summed E-state index contributed by atoms with van der Waals surface area (Å²) in [5.41, 5.74) is -3.43. The molecule has 2 N–H and O–H groups in total. The molecule has 0 aliphatic rings. The van der Waals surface area contributed by atoms with Gasteiger partial charge in [-0.3, -0.25) is 5.32 Å². The Balaban J connectivity index is 2.49. The van der Waals surface area contributed by atoms with Gasteiger partial charge in [-0.1, -0.05) is 23.7 Å². The average molecular weight is 407 g/mol. The normalized spacial score (nSPS) is 12.4. The molecule has 0 atom stereocenters. The Morgan fingerprint density at radius 1 is 0.963 bits per heavy atom. The SMILES string of the molecule is N#CNC(=Nc1ccccc1Cl)Nc1cc(C(F)(F)F)cc(C(F)(F)F)c1. The minimum absolute atomic E-state index is 0.00617. The smallest absolute Gasteiger partial charge is 0.325 e. The summed E-state index contributed by atoms with van der Waals surface area (Å²) < 4.78 is 77.5. The summed E-state index contributed by atoms with van der Waals surface area (Å²) in [6.07, 6.45) is -8.51. The molecule has 0 aliphatic carbocycles. The molecule has 0 aromatic heterocycles. The van der Waals surface area contributed by atoms with Crippen LogP contribution in [-0.4, -0.2) is 5.96 Å². The van der Waals surface area contributed by atoms with Crippen LogP contribution < -0.4 is 10.6 Å². The number of hydrogen-bond acceptors (Lipinski definition) is 2. The van der Waals surface area contributed by atoms with Crippen LogP contribution in [-0.2, 0) is 12.4 Å². The highest BCUT2D eigenvalue weighted by molar-refractivity contribution is 6.33. The monoisotopic (exact) mass is 406 g/mol. The number of rotatable bonds is 2. The summed E-state index contributed by atoms with van der Waals surface area (Å²) in [5.74, 6) is -0.405. The molecule has 0 amide bonds. The zero-order chi connectivity index (χ0) is 20.2. The number of aliphatic imine (C=N–C) groups is 1. The quantitative estimate of drug-likeness (QED) is 0.226. The molecule has 4 nitrogen and oxygen atoms in total. The first kappa shape index (κ1) is 20.4. The highest BCUT2D eigenvalue weighted by Crippen LogP contribution is 2.37. The molecule has 0 saturated carbocycles. The van der Waals surface area contributed by atoms with Crippen LogP contribution in [0.1, 0.15) is 11.1 Å². The van der Waals surface area contributed by atoms with E-state index in [-0.39, 0.29) is 16.8 Å². The van der Waals surface area contributed by atoms with E-state index in [1.165, 1.54) is 18.3 Å². The highest BCUT2D eigenvalue weighted by Gasteiger charge is 2.37. The molecule has 0 bridgehead atoms. The summed E-state index contributed by atoms with van der Waals surface area (Å²) in [7, 11) is 0. The first-order valence-electron chi connectivity index (χ1n) is 7.05. The maximum atomic E-state index is 12.9. The molecule has 0 saturated heterocycles. The molecule has 0 radical (unpaired) electrons. The summed E-state index contributed by atoms with van der Waals surface area (Å²) in [6.45, 7) is 0. The Morgan fingerprint density at radius 3 is 2.00 bits per heavy atom. The van der Waals surface area contributed by atoms with Gasteiger partial charge in [0, 0.05) is 5.69 Å². The second-order valence-corrected chi connectivity index (χ2v) is 5.48. The van der Waals surface area contributed by atoms with Crippen molar-refractivity contribution in [1.82, 2.24) is 5.32 Å². The molecule has 0 heterocycles. The number of halogens is 7. The molecule has 2 aromatic rings. The molecule has 11 heteroatoms. The Labute approximate surface area is 154 Å². The number of anilines is 1.